The van der Waals surface area contributed by atoms with Crippen LogP contribution in [0.2, 0.25) is 0 Å². The van der Waals surface area contributed by atoms with Gasteiger partial charge in [-0.3, -0.25) is 9.69 Å². The molecule has 0 saturated carbocycles. The molecule has 1 aromatic carbocycles. The van der Waals surface area contributed by atoms with Crippen molar-refractivity contribution >= 4 is 18.5 Å². The summed E-state index contributed by atoms with van der Waals surface area (Å²) in [5, 5.41) is 0. The van der Waals surface area contributed by atoms with Gasteiger partial charge in [-0.05, 0) is 26.0 Å². The third-order valence-electron chi connectivity index (χ3n) is 4.56. The van der Waals surface area contributed by atoms with Crippen molar-refractivity contribution in [3.8, 4) is 0 Å². The third kappa shape index (κ3) is 2.95. The first-order valence-corrected chi connectivity index (χ1v) is 7.30. The molecule has 1 aromatic rings. The zero-order valence-electron chi connectivity index (χ0n) is 13.1. The number of likely N-dealkylation sites (tertiary alicyclic amines) is 1. The molecule has 1 saturated heterocycles. The number of ether oxygens (including phenoxy) is 1. The SMILES string of the molecule is COC(=O)[C@H]1C[C@H](c2ccc(C)cc2)[C@H](C=O)N(C)[C@@H]1C=O. The van der Waals surface area contributed by atoms with Crippen LogP contribution in [0.4, 0.5) is 0 Å². The summed E-state index contributed by atoms with van der Waals surface area (Å²) < 4.78 is 4.83. The van der Waals surface area contributed by atoms with Crippen molar-refractivity contribution in [2.45, 2.75) is 31.3 Å². The average molecular weight is 303 g/mol. The summed E-state index contributed by atoms with van der Waals surface area (Å²) in [5.74, 6) is -1.11. The molecule has 1 aliphatic heterocycles. The van der Waals surface area contributed by atoms with Crippen molar-refractivity contribution in [2.24, 2.45) is 5.92 Å². The quantitative estimate of drug-likeness (QED) is 0.620. The fourth-order valence-electron chi connectivity index (χ4n) is 3.23. The highest BCUT2D eigenvalue weighted by Gasteiger charge is 2.45. The minimum Gasteiger partial charge on any atom is -0.469 e. The van der Waals surface area contributed by atoms with Crippen LogP contribution in [0.25, 0.3) is 0 Å². The maximum Gasteiger partial charge on any atom is 0.310 e. The lowest BCUT2D eigenvalue weighted by atomic mass is 9.76. The van der Waals surface area contributed by atoms with Crippen LogP contribution in [0.1, 0.15) is 23.5 Å². The Kier molecular flexibility index (Phi) is 5.08. The number of rotatable bonds is 4. The lowest BCUT2D eigenvalue weighted by molar-refractivity contribution is -0.153. The zero-order valence-corrected chi connectivity index (χ0v) is 13.1. The molecule has 4 atom stereocenters. The van der Waals surface area contributed by atoms with Crippen LogP contribution >= 0.6 is 0 Å². The normalized spacial score (nSPS) is 28.9. The Labute approximate surface area is 130 Å². The van der Waals surface area contributed by atoms with Crippen molar-refractivity contribution in [3.05, 3.63) is 35.4 Å². The van der Waals surface area contributed by atoms with Crippen LogP contribution < -0.4 is 0 Å². The second kappa shape index (κ2) is 6.83. The van der Waals surface area contributed by atoms with Crippen molar-refractivity contribution in [2.75, 3.05) is 14.2 Å². The Balaban J connectivity index is 2.39. The molecule has 118 valence electrons. The summed E-state index contributed by atoms with van der Waals surface area (Å²) in [6, 6.07) is 6.84. The van der Waals surface area contributed by atoms with Crippen LogP contribution in [0.15, 0.2) is 24.3 Å². The highest BCUT2D eigenvalue weighted by Crippen LogP contribution is 2.37. The number of methoxy groups -OCH3 is 1. The minimum absolute atomic E-state index is 0.136. The van der Waals surface area contributed by atoms with Gasteiger partial charge in [0, 0.05) is 5.92 Å². The maximum absolute atomic E-state index is 12.0. The zero-order chi connectivity index (χ0) is 16.3. The van der Waals surface area contributed by atoms with Gasteiger partial charge in [-0.25, -0.2) is 0 Å². The van der Waals surface area contributed by atoms with E-state index >= 15 is 0 Å². The molecule has 0 N–H and O–H groups in total. The Morgan fingerprint density at radius 1 is 1.18 bits per heavy atom. The number of aryl methyl sites for hydroxylation is 1. The number of aldehydes is 2. The van der Waals surface area contributed by atoms with Crippen LogP contribution in [0.3, 0.4) is 0 Å². The van der Waals surface area contributed by atoms with E-state index in [1.807, 2.05) is 31.2 Å². The van der Waals surface area contributed by atoms with E-state index in [0.717, 1.165) is 23.7 Å². The number of nitrogens with zero attached hydrogens (tertiary/aromatic N) is 1. The number of benzene rings is 1. The molecule has 5 heteroatoms. The molecular weight excluding hydrogens is 282 g/mol. The predicted octanol–water partition coefficient (Wildman–Crippen LogP) is 1.34. The van der Waals surface area contributed by atoms with E-state index in [9.17, 15) is 14.4 Å². The van der Waals surface area contributed by atoms with E-state index < -0.39 is 24.0 Å². The summed E-state index contributed by atoms with van der Waals surface area (Å²) >= 11 is 0. The summed E-state index contributed by atoms with van der Waals surface area (Å²) in [6.45, 7) is 1.99. The fraction of sp³-hybridized carbons (Fsp3) is 0.471. The van der Waals surface area contributed by atoms with Gasteiger partial charge in [-0.2, -0.15) is 0 Å². The number of carbonyl (C=O) groups is 3. The van der Waals surface area contributed by atoms with Gasteiger partial charge in [0.15, 0.2) is 0 Å². The maximum atomic E-state index is 12.0. The van der Waals surface area contributed by atoms with Crippen LogP contribution in [0, 0.1) is 12.8 Å². The van der Waals surface area contributed by atoms with Gasteiger partial charge in [0.1, 0.15) is 12.6 Å². The van der Waals surface area contributed by atoms with Crippen molar-refractivity contribution in [1.82, 2.24) is 4.90 Å². The molecule has 0 radical (unpaired) electrons. The van der Waals surface area contributed by atoms with Gasteiger partial charge in [-0.1, -0.05) is 29.8 Å². The average Bonchev–Trinajstić information content (AvgIpc) is 2.54. The number of carbonyl (C=O) groups excluding carboxylic acids is 3. The minimum atomic E-state index is -0.635. The second-order valence-corrected chi connectivity index (χ2v) is 5.80. The Morgan fingerprint density at radius 2 is 1.77 bits per heavy atom. The molecule has 0 bridgehead atoms. The van der Waals surface area contributed by atoms with Crippen molar-refractivity contribution in [1.29, 1.82) is 0 Å². The molecule has 22 heavy (non-hydrogen) atoms. The van der Waals surface area contributed by atoms with E-state index in [4.69, 9.17) is 4.74 Å². The van der Waals surface area contributed by atoms with Crippen LogP contribution in [0.5, 0.6) is 0 Å². The topological polar surface area (TPSA) is 63.7 Å². The van der Waals surface area contributed by atoms with Gasteiger partial charge in [0.2, 0.25) is 0 Å². The highest BCUT2D eigenvalue weighted by molar-refractivity contribution is 5.80. The largest absolute Gasteiger partial charge is 0.469 e. The van der Waals surface area contributed by atoms with Gasteiger partial charge < -0.3 is 14.3 Å². The van der Waals surface area contributed by atoms with Crippen molar-refractivity contribution in [3.63, 3.8) is 0 Å². The standard InChI is InChI=1S/C17H21NO4/c1-11-4-6-12(7-5-11)13-8-14(17(21)22-3)16(10-20)18(2)15(13)9-19/h4-7,9-10,13-16H,8H2,1-3H3/t13-,14+,15+,16-/m1/s1. The van der Waals surface area contributed by atoms with E-state index in [0.29, 0.717) is 6.42 Å². The lowest BCUT2D eigenvalue weighted by Gasteiger charge is -2.43. The first-order chi connectivity index (χ1) is 10.5. The monoisotopic (exact) mass is 303 g/mol. The van der Waals surface area contributed by atoms with Gasteiger partial charge in [-0.15, -0.1) is 0 Å². The molecule has 0 aromatic heterocycles. The van der Waals surface area contributed by atoms with Gasteiger partial charge in [0.05, 0.1) is 25.1 Å². The molecule has 0 unspecified atom stereocenters. The predicted molar refractivity (Wildman–Crippen MR) is 81.5 cm³/mol. The Bertz CT molecular complexity index is 554. The summed E-state index contributed by atoms with van der Waals surface area (Å²) in [7, 11) is 3.02. The molecule has 5 nitrogen and oxygen atoms in total. The summed E-state index contributed by atoms with van der Waals surface area (Å²) in [5.41, 5.74) is 2.12. The van der Waals surface area contributed by atoms with E-state index in [1.54, 1.807) is 11.9 Å². The van der Waals surface area contributed by atoms with Crippen molar-refractivity contribution < 1.29 is 19.1 Å². The molecule has 1 fully saturated rings. The Hall–Kier alpha value is -2.01. The second-order valence-electron chi connectivity index (χ2n) is 5.80. The van der Waals surface area contributed by atoms with Crippen LogP contribution in [-0.2, 0) is 19.1 Å². The number of likely N-dealkylation sites (N-methyl/N-ethyl adjacent to an activating group) is 1. The molecule has 0 spiro atoms. The summed E-state index contributed by atoms with van der Waals surface area (Å²) in [4.78, 5) is 36.6. The Morgan fingerprint density at radius 3 is 2.27 bits per heavy atom. The smallest absolute Gasteiger partial charge is 0.310 e. The molecule has 2 rings (SSSR count). The lowest BCUT2D eigenvalue weighted by Crippen LogP contribution is -2.55. The molecule has 0 amide bonds. The van der Waals surface area contributed by atoms with Crippen LogP contribution in [-0.4, -0.2) is 49.7 Å². The van der Waals surface area contributed by atoms with Gasteiger partial charge >= 0.3 is 5.97 Å². The third-order valence-corrected chi connectivity index (χ3v) is 4.56. The number of hydrogen-bond acceptors (Lipinski definition) is 5. The highest BCUT2D eigenvalue weighted by atomic mass is 16.5. The van der Waals surface area contributed by atoms with E-state index in [2.05, 4.69) is 0 Å². The number of esters is 1. The first kappa shape index (κ1) is 16.4. The molecule has 1 aliphatic rings. The fourth-order valence-corrected chi connectivity index (χ4v) is 3.23. The van der Waals surface area contributed by atoms with Gasteiger partial charge in [0.25, 0.3) is 0 Å². The molecule has 1 heterocycles. The molecule has 0 aliphatic carbocycles. The molecular formula is C17H21NO4. The van der Waals surface area contributed by atoms with E-state index in [-0.39, 0.29) is 5.92 Å². The summed E-state index contributed by atoms with van der Waals surface area (Å²) in [6.07, 6.45) is 2.00. The number of hydrogen-bond donors (Lipinski definition) is 0. The first-order valence-electron chi connectivity index (χ1n) is 7.30. The number of piperidine rings is 1. The van der Waals surface area contributed by atoms with E-state index in [1.165, 1.54) is 7.11 Å².